The summed E-state index contributed by atoms with van der Waals surface area (Å²) < 4.78 is 52.1. The lowest BCUT2D eigenvalue weighted by atomic mass is 9.98. The van der Waals surface area contributed by atoms with Crippen molar-refractivity contribution in [3.05, 3.63) is 99.3 Å². The Balaban J connectivity index is 1.58. The second-order valence-corrected chi connectivity index (χ2v) is 10.9. The van der Waals surface area contributed by atoms with Gasteiger partial charge in [-0.15, -0.1) is 0 Å². The van der Waals surface area contributed by atoms with Crippen molar-refractivity contribution < 1.29 is 37.4 Å². The number of nitrogens with zero attached hydrogens (tertiary/aromatic N) is 1. The first-order valence-corrected chi connectivity index (χ1v) is 13.8. The molecular weight excluding hydrogens is 548 g/mol. The maximum atomic E-state index is 15.6. The molecule has 1 aliphatic heterocycles. The van der Waals surface area contributed by atoms with E-state index in [0.717, 1.165) is 29.3 Å². The number of aromatic amines is 1. The SMILES string of the molecule is COC(=O)[C@H](Cc1ccccc1)NP(=O)(OC[C@H]1O[C@@H](n2ccc(=O)[nH]c2=O)[C@](C)(F)[C@@H]1O)Oc1ccccc1. The van der Waals surface area contributed by atoms with Crippen LogP contribution in [0.1, 0.15) is 18.7 Å². The van der Waals surface area contributed by atoms with E-state index in [1.54, 1.807) is 48.5 Å². The van der Waals surface area contributed by atoms with Crippen molar-refractivity contribution in [2.75, 3.05) is 13.7 Å². The fourth-order valence-corrected chi connectivity index (χ4v) is 5.71. The summed E-state index contributed by atoms with van der Waals surface area (Å²) in [5.41, 5.74) is -3.42. The van der Waals surface area contributed by atoms with E-state index in [9.17, 15) is 24.1 Å². The van der Waals surface area contributed by atoms with Gasteiger partial charge in [0, 0.05) is 12.3 Å². The molecule has 4 rings (SSSR count). The van der Waals surface area contributed by atoms with Gasteiger partial charge in [0.15, 0.2) is 11.9 Å². The molecule has 1 saturated heterocycles. The van der Waals surface area contributed by atoms with E-state index < -0.39 is 61.7 Å². The predicted molar refractivity (Wildman–Crippen MR) is 140 cm³/mol. The summed E-state index contributed by atoms with van der Waals surface area (Å²) in [4.78, 5) is 38.3. The van der Waals surface area contributed by atoms with E-state index in [4.69, 9.17) is 18.5 Å². The van der Waals surface area contributed by atoms with Crippen molar-refractivity contribution in [3.8, 4) is 5.75 Å². The number of para-hydroxylation sites is 1. The summed E-state index contributed by atoms with van der Waals surface area (Å²) in [5, 5.41) is 13.3. The van der Waals surface area contributed by atoms with Crippen molar-refractivity contribution in [2.45, 2.75) is 43.5 Å². The zero-order valence-electron chi connectivity index (χ0n) is 21.6. The molecule has 1 unspecified atom stereocenters. The van der Waals surface area contributed by atoms with Crippen LogP contribution in [0.2, 0.25) is 0 Å². The van der Waals surface area contributed by atoms with E-state index >= 15 is 4.39 Å². The number of H-pyrrole nitrogens is 1. The zero-order valence-corrected chi connectivity index (χ0v) is 22.5. The molecule has 2 heterocycles. The molecule has 1 aliphatic rings. The fraction of sp³-hybridized carbons (Fsp3) is 0.346. The number of ether oxygens (including phenoxy) is 2. The first kappa shape index (κ1) is 29.4. The smallest absolute Gasteiger partial charge is 0.459 e. The third-order valence-electron chi connectivity index (χ3n) is 6.28. The van der Waals surface area contributed by atoms with Crippen LogP contribution >= 0.6 is 7.75 Å². The number of aliphatic hydroxyl groups excluding tert-OH is 1. The first-order chi connectivity index (χ1) is 19.0. The van der Waals surface area contributed by atoms with Crippen molar-refractivity contribution in [2.24, 2.45) is 0 Å². The van der Waals surface area contributed by atoms with Crippen molar-refractivity contribution >= 4 is 13.7 Å². The van der Waals surface area contributed by atoms with Crippen LogP contribution in [0.25, 0.3) is 0 Å². The van der Waals surface area contributed by atoms with Gasteiger partial charge in [-0.2, -0.15) is 5.09 Å². The van der Waals surface area contributed by atoms with Gasteiger partial charge in [-0.3, -0.25) is 23.7 Å². The largest absolute Gasteiger partial charge is 0.468 e. The average molecular weight is 578 g/mol. The molecule has 3 N–H and O–H groups in total. The van der Waals surface area contributed by atoms with Crippen LogP contribution < -0.4 is 20.9 Å². The number of esters is 1. The van der Waals surface area contributed by atoms with Gasteiger partial charge >= 0.3 is 19.4 Å². The van der Waals surface area contributed by atoms with E-state index in [2.05, 4.69) is 5.09 Å². The van der Waals surface area contributed by atoms with Gasteiger partial charge in [0.05, 0.1) is 13.7 Å². The number of alkyl halides is 1. The second-order valence-electron chi connectivity index (χ2n) is 9.23. The predicted octanol–water partition coefficient (Wildman–Crippen LogP) is 2.10. The second kappa shape index (κ2) is 12.3. The number of benzene rings is 2. The number of aromatic nitrogens is 2. The molecule has 14 heteroatoms. The zero-order chi connectivity index (χ0) is 28.9. The normalized spacial score (nSPS) is 24.6. The highest BCUT2D eigenvalue weighted by atomic mass is 31.2. The number of carbonyl (C=O) groups excluding carboxylic acids is 1. The molecule has 0 amide bonds. The quantitative estimate of drug-likeness (QED) is 0.228. The Hall–Kier alpha value is -3.61. The number of methoxy groups -OCH3 is 1. The molecule has 40 heavy (non-hydrogen) atoms. The van der Waals surface area contributed by atoms with E-state index in [0.29, 0.717) is 0 Å². The Kier molecular flexibility index (Phi) is 9.02. The number of aliphatic hydroxyl groups is 1. The van der Waals surface area contributed by atoms with Gasteiger partial charge in [-0.05, 0) is 31.0 Å². The number of carbonyl (C=O) groups is 1. The molecule has 0 radical (unpaired) electrons. The third-order valence-corrected chi connectivity index (χ3v) is 7.85. The Morgan fingerprint density at radius 1 is 1.18 bits per heavy atom. The molecule has 1 fully saturated rings. The van der Waals surface area contributed by atoms with Crippen LogP contribution in [-0.2, 0) is 29.8 Å². The molecule has 3 aromatic rings. The molecule has 0 aliphatic carbocycles. The lowest BCUT2D eigenvalue weighted by Gasteiger charge is -2.26. The Morgan fingerprint density at radius 3 is 2.45 bits per heavy atom. The molecule has 2 aromatic carbocycles. The van der Waals surface area contributed by atoms with E-state index in [1.165, 1.54) is 19.2 Å². The van der Waals surface area contributed by atoms with Crippen LogP contribution in [-0.4, -0.2) is 58.3 Å². The summed E-state index contributed by atoms with van der Waals surface area (Å²) in [6.07, 6.45) is -3.78. The Labute approximate surface area is 228 Å². The molecule has 214 valence electrons. The Morgan fingerprint density at radius 2 is 1.82 bits per heavy atom. The van der Waals surface area contributed by atoms with Gasteiger partial charge < -0.3 is 19.1 Å². The summed E-state index contributed by atoms with van der Waals surface area (Å²) in [6, 6.07) is 16.7. The summed E-state index contributed by atoms with van der Waals surface area (Å²) in [5.74, 6) is -0.599. The molecule has 0 spiro atoms. The van der Waals surface area contributed by atoms with Crippen molar-refractivity contribution in [1.82, 2.24) is 14.6 Å². The number of rotatable bonds is 11. The number of nitrogens with one attached hydrogen (secondary N) is 2. The molecular formula is C26H29FN3O9P. The maximum Gasteiger partial charge on any atom is 0.459 e. The van der Waals surface area contributed by atoms with Crippen LogP contribution in [0.4, 0.5) is 4.39 Å². The number of hydrogen-bond acceptors (Lipinski definition) is 9. The van der Waals surface area contributed by atoms with Gasteiger partial charge in [-0.1, -0.05) is 48.5 Å². The standard InChI is InChI=1S/C26H29FN3O9P/c1-26(27)22(32)20(38-24(26)30-14-13-21(31)28-25(30)34)16-37-40(35,39-18-11-7-4-8-12-18)29-19(23(33)36-2)15-17-9-5-3-6-10-17/h3-14,19-20,22,24,32H,15-16H2,1-2H3,(H,29,35)(H,28,31,34)/t19-,20+,22+,24+,26+,40?/m0/s1. The van der Waals surface area contributed by atoms with Gasteiger partial charge in [0.25, 0.3) is 5.56 Å². The monoisotopic (exact) mass is 577 g/mol. The van der Waals surface area contributed by atoms with Gasteiger partial charge in [-0.25, -0.2) is 13.8 Å². The summed E-state index contributed by atoms with van der Waals surface area (Å²) in [6.45, 7) is 0.358. The molecule has 1 aromatic heterocycles. The summed E-state index contributed by atoms with van der Waals surface area (Å²) >= 11 is 0. The lowest BCUT2D eigenvalue weighted by molar-refractivity contribution is -0.142. The minimum atomic E-state index is -4.41. The van der Waals surface area contributed by atoms with Crippen molar-refractivity contribution in [1.29, 1.82) is 0 Å². The first-order valence-electron chi connectivity index (χ1n) is 12.2. The van der Waals surface area contributed by atoms with Gasteiger partial charge in [0.1, 0.15) is 24.0 Å². The third kappa shape index (κ3) is 6.75. The highest BCUT2D eigenvalue weighted by molar-refractivity contribution is 7.52. The fourth-order valence-electron chi connectivity index (χ4n) is 4.21. The molecule has 0 saturated carbocycles. The lowest BCUT2D eigenvalue weighted by Crippen LogP contribution is -2.44. The highest BCUT2D eigenvalue weighted by Crippen LogP contribution is 2.47. The van der Waals surface area contributed by atoms with Crippen LogP contribution in [0.5, 0.6) is 5.75 Å². The maximum absolute atomic E-state index is 15.6. The van der Waals surface area contributed by atoms with Gasteiger partial charge in [0.2, 0.25) is 0 Å². The molecule has 12 nitrogen and oxygen atoms in total. The van der Waals surface area contributed by atoms with Crippen molar-refractivity contribution in [3.63, 3.8) is 0 Å². The van der Waals surface area contributed by atoms with E-state index in [-0.39, 0.29) is 12.2 Å². The minimum absolute atomic E-state index is 0.0708. The topological polar surface area (TPSA) is 158 Å². The summed E-state index contributed by atoms with van der Waals surface area (Å²) in [7, 11) is -3.23. The highest BCUT2D eigenvalue weighted by Gasteiger charge is 2.56. The average Bonchev–Trinajstić information content (AvgIpc) is 3.15. The molecule has 6 atom stereocenters. The Bertz CT molecular complexity index is 1470. The van der Waals surface area contributed by atoms with Crippen LogP contribution in [0, 0.1) is 0 Å². The van der Waals surface area contributed by atoms with E-state index in [1.807, 2.05) is 4.98 Å². The minimum Gasteiger partial charge on any atom is -0.468 e. The number of hydrogen-bond donors (Lipinski definition) is 3. The van der Waals surface area contributed by atoms with Crippen LogP contribution in [0.15, 0.2) is 82.5 Å². The molecule has 0 bridgehead atoms. The number of halogens is 1. The van der Waals surface area contributed by atoms with Crippen LogP contribution in [0.3, 0.4) is 0 Å².